The van der Waals surface area contributed by atoms with Crippen LogP contribution in [0.1, 0.15) is 38.3 Å². The minimum absolute atomic E-state index is 0.209. The molecule has 0 atom stereocenters. The Morgan fingerprint density at radius 2 is 1.55 bits per heavy atom. The lowest BCUT2D eigenvalue weighted by molar-refractivity contribution is -0.132. The Kier molecular flexibility index (Phi) is 9.04. The van der Waals surface area contributed by atoms with E-state index in [9.17, 15) is 23.8 Å². The molecule has 2 N–H and O–H groups in total. The summed E-state index contributed by atoms with van der Waals surface area (Å²) in [5, 5.41) is 19.9. The van der Waals surface area contributed by atoms with Gasteiger partial charge in [-0.2, -0.15) is 0 Å². The third kappa shape index (κ3) is 6.35. The number of halogens is 2. The molecule has 0 aliphatic heterocycles. The van der Waals surface area contributed by atoms with Gasteiger partial charge in [-0.25, -0.2) is 13.6 Å². The number of hydrogen-bond acceptors (Lipinski definition) is 3. The van der Waals surface area contributed by atoms with Gasteiger partial charge in [-0.3, -0.25) is 4.99 Å². The minimum Gasteiger partial charge on any atom is -0.507 e. The van der Waals surface area contributed by atoms with Crippen LogP contribution < -0.4 is 0 Å². The van der Waals surface area contributed by atoms with Crippen LogP contribution in [0.5, 0.6) is 0 Å². The summed E-state index contributed by atoms with van der Waals surface area (Å²) in [7, 11) is 0. The number of benzene rings is 2. The molecule has 6 heteroatoms. The van der Waals surface area contributed by atoms with E-state index >= 15 is 0 Å². The SMILES string of the molecule is C=C(/C(=C(C)/C(C)=C/C(O)=C(\C=NCCC)C(=O)O)c1ccccc1F)c1ccccc1F. The maximum Gasteiger partial charge on any atom is 0.341 e. The molecule has 0 unspecified atom stereocenters. The van der Waals surface area contributed by atoms with E-state index < -0.39 is 23.4 Å². The van der Waals surface area contributed by atoms with Crippen LogP contribution in [-0.4, -0.2) is 28.9 Å². The van der Waals surface area contributed by atoms with Crippen molar-refractivity contribution in [1.82, 2.24) is 0 Å². The van der Waals surface area contributed by atoms with Gasteiger partial charge in [0.1, 0.15) is 23.0 Å². The molecule has 0 fully saturated rings. The lowest BCUT2D eigenvalue weighted by Gasteiger charge is -2.18. The molecule has 0 bridgehead atoms. The first-order valence-electron chi connectivity index (χ1n) is 10.4. The van der Waals surface area contributed by atoms with Crippen LogP contribution in [0.4, 0.5) is 8.78 Å². The molecule has 2 aromatic rings. The average Bonchev–Trinajstić information content (AvgIpc) is 2.77. The van der Waals surface area contributed by atoms with Gasteiger partial charge in [0.2, 0.25) is 0 Å². The second kappa shape index (κ2) is 11.7. The molecule has 0 spiro atoms. The van der Waals surface area contributed by atoms with Gasteiger partial charge in [-0.05, 0) is 60.8 Å². The van der Waals surface area contributed by atoms with Crippen molar-refractivity contribution in [3.05, 3.63) is 106 Å². The summed E-state index contributed by atoms with van der Waals surface area (Å²) < 4.78 is 29.3. The maximum atomic E-state index is 14.8. The van der Waals surface area contributed by atoms with Gasteiger partial charge < -0.3 is 10.2 Å². The summed E-state index contributed by atoms with van der Waals surface area (Å²) in [5.74, 6) is -2.85. The molecular weight excluding hydrogens is 424 g/mol. The molecule has 0 radical (unpaired) electrons. The number of aliphatic hydroxyl groups is 1. The summed E-state index contributed by atoms with van der Waals surface area (Å²) >= 11 is 0. The van der Waals surface area contributed by atoms with Crippen LogP contribution in [0.15, 0.2) is 88.7 Å². The quantitative estimate of drug-likeness (QED) is 0.191. The highest BCUT2D eigenvalue weighted by molar-refractivity contribution is 6.09. The van der Waals surface area contributed by atoms with Crippen LogP contribution >= 0.6 is 0 Å². The monoisotopic (exact) mass is 451 g/mol. The number of aliphatic hydroxyl groups excluding tert-OH is 1. The van der Waals surface area contributed by atoms with Gasteiger partial charge in [0.25, 0.3) is 0 Å². The Morgan fingerprint density at radius 1 is 1.00 bits per heavy atom. The van der Waals surface area contributed by atoms with Crippen molar-refractivity contribution in [2.24, 2.45) is 4.99 Å². The molecule has 33 heavy (non-hydrogen) atoms. The van der Waals surface area contributed by atoms with Gasteiger partial charge in [0, 0.05) is 23.9 Å². The van der Waals surface area contributed by atoms with Crippen LogP contribution in [0.25, 0.3) is 11.1 Å². The van der Waals surface area contributed by atoms with E-state index in [4.69, 9.17) is 0 Å². The maximum absolute atomic E-state index is 14.8. The molecule has 0 aromatic heterocycles. The molecular formula is C27H27F2NO3. The molecule has 4 nitrogen and oxygen atoms in total. The first-order chi connectivity index (χ1) is 15.7. The van der Waals surface area contributed by atoms with Crippen LogP contribution in [0.2, 0.25) is 0 Å². The van der Waals surface area contributed by atoms with Crippen molar-refractivity contribution in [3.63, 3.8) is 0 Å². The smallest absolute Gasteiger partial charge is 0.341 e. The van der Waals surface area contributed by atoms with Crippen molar-refractivity contribution < 1.29 is 23.8 Å². The standard InChI is InChI=1S/C27H27F2NO3/c1-5-14-30-16-22(27(32)33)25(31)15-17(2)18(3)26(21-11-7-9-13-24(21)29)19(4)20-10-6-8-12-23(20)28/h6-13,15-16,31H,4-5,14H2,1-3H3,(H,32,33)/b17-15+,25-22-,26-18-,30-16?. The fourth-order valence-corrected chi connectivity index (χ4v) is 3.20. The average molecular weight is 452 g/mol. The number of carbonyl (C=O) groups is 1. The van der Waals surface area contributed by atoms with Crippen molar-refractivity contribution >= 4 is 23.3 Å². The number of nitrogens with zero attached hydrogens (tertiary/aromatic N) is 1. The first-order valence-corrected chi connectivity index (χ1v) is 10.4. The van der Waals surface area contributed by atoms with Gasteiger partial charge >= 0.3 is 5.97 Å². The van der Waals surface area contributed by atoms with E-state index in [1.807, 2.05) is 6.92 Å². The third-order valence-electron chi connectivity index (χ3n) is 5.04. The Morgan fingerprint density at radius 3 is 2.06 bits per heavy atom. The number of carboxylic acid groups (broad SMARTS) is 1. The Hall–Kier alpha value is -3.80. The predicted molar refractivity (Wildman–Crippen MR) is 129 cm³/mol. The van der Waals surface area contributed by atoms with Gasteiger partial charge in [0.15, 0.2) is 0 Å². The highest BCUT2D eigenvalue weighted by Crippen LogP contribution is 2.37. The van der Waals surface area contributed by atoms with Crippen LogP contribution in [0.3, 0.4) is 0 Å². The minimum atomic E-state index is -1.33. The summed E-state index contributed by atoms with van der Waals surface area (Å²) in [6, 6.07) is 12.1. The van der Waals surface area contributed by atoms with E-state index in [2.05, 4.69) is 11.6 Å². The van der Waals surface area contributed by atoms with E-state index in [-0.39, 0.29) is 22.3 Å². The highest BCUT2D eigenvalue weighted by atomic mass is 19.1. The molecule has 172 valence electrons. The van der Waals surface area contributed by atoms with Crippen molar-refractivity contribution in [2.45, 2.75) is 27.2 Å². The normalized spacial score (nSPS) is 13.5. The first kappa shape index (κ1) is 25.5. The molecule has 2 rings (SSSR count). The number of carboxylic acids is 1. The second-order valence-electron chi connectivity index (χ2n) is 7.40. The Bertz CT molecular complexity index is 1170. The van der Waals surface area contributed by atoms with E-state index in [0.717, 1.165) is 12.6 Å². The second-order valence-corrected chi connectivity index (χ2v) is 7.40. The fourth-order valence-electron chi connectivity index (χ4n) is 3.20. The summed E-state index contributed by atoms with van der Waals surface area (Å²) in [5.41, 5.74) is 1.60. The Labute approximate surface area is 192 Å². The molecule has 0 aliphatic carbocycles. The zero-order chi connectivity index (χ0) is 24.5. The zero-order valence-corrected chi connectivity index (χ0v) is 18.9. The molecule has 0 saturated carbocycles. The number of rotatable bonds is 9. The summed E-state index contributed by atoms with van der Waals surface area (Å²) in [4.78, 5) is 15.5. The van der Waals surface area contributed by atoms with Gasteiger partial charge in [0.05, 0.1) is 0 Å². The van der Waals surface area contributed by atoms with E-state index in [1.165, 1.54) is 18.2 Å². The van der Waals surface area contributed by atoms with Crippen molar-refractivity contribution in [3.8, 4) is 0 Å². The van der Waals surface area contributed by atoms with Crippen LogP contribution in [0, 0.1) is 11.6 Å². The van der Waals surface area contributed by atoms with Crippen LogP contribution in [-0.2, 0) is 4.79 Å². The molecule has 0 heterocycles. The summed E-state index contributed by atoms with van der Waals surface area (Å²) in [6.07, 6.45) is 3.11. The molecule has 2 aromatic carbocycles. The lowest BCUT2D eigenvalue weighted by atomic mass is 9.87. The molecule has 0 amide bonds. The molecule has 0 aliphatic rings. The van der Waals surface area contributed by atoms with Gasteiger partial charge in [-0.15, -0.1) is 0 Å². The largest absolute Gasteiger partial charge is 0.507 e. The molecule has 0 saturated heterocycles. The highest BCUT2D eigenvalue weighted by Gasteiger charge is 2.19. The topological polar surface area (TPSA) is 69.9 Å². The number of aliphatic carboxylic acids is 1. The number of hydrogen-bond donors (Lipinski definition) is 2. The van der Waals surface area contributed by atoms with E-state index in [1.54, 1.807) is 50.2 Å². The lowest BCUT2D eigenvalue weighted by Crippen LogP contribution is -2.06. The predicted octanol–water partition coefficient (Wildman–Crippen LogP) is 6.78. The summed E-state index contributed by atoms with van der Waals surface area (Å²) in [6.45, 7) is 9.66. The number of aliphatic imine (C=N–C) groups is 1. The van der Waals surface area contributed by atoms with Crippen molar-refractivity contribution in [1.29, 1.82) is 0 Å². The Balaban J connectivity index is 2.71. The zero-order valence-electron chi connectivity index (χ0n) is 18.9. The van der Waals surface area contributed by atoms with E-state index in [0.29, 0.717) is 23.3 Å². The van der Waals surface area contributed by atoms with Gasteiger partial charge in [-0.1, -0.05) is 49.9 Å². The van der Waals surface area contributed by atoms with Crippen molar-refractivity contribution in [2.75, 3.05) is 6.54 Å². The number of allylic oxidation sites excluding steroid dienone is 5. The third-order valence-corrected chi connectivity index (χ3v) is 5.04. The fraction of sp³-hybridized carbons (Fsp3) is 0.185.